The lowest BCUT2D eigenvalue weighted by Gasteiger charge is -2.23. The molecule has 6 rings (SSSR count). The highest BCUT2D eigenvalue weighted by Crippen LogP contribution is 2.36. The number of nitrogens with zero attached hydrogens (tertiary/aromatic N) is 5. The zero-order valence-corrected chi connectivity index (χ0v) is 19.7. The summed E-state index contributed by atoms with van der Waals surface area (Å²) in [5.41, 5.74) is 3.40. The van der Waals surface area contributed by atoms with Gasteiger partial charge in [-0.15, -0.1) is 10.2 Å². The van der Waals surface area contributed by atoms with Crippen LogP contribution in [0.2, 0.25) is 5.02 Å². The quantitative estimate of drug-likeness (QED) is 0.433. The van der Waals surface area contributed by atoms with Gasteiger partial charge in [-0.2, -0.15) is 0 Å². The maximum Gasteiger partial charge on any atom is 0.223 e. The van der Waals surface area contributed by atoms with Crippen molar-refractivity contribution in [2.45, 2.75) is 30.7 Å². The lowest BCUT2D eigenvalue weighted by atomic mass is 9.88. The number of hydrogen-bond donors (Lipinski definition) is 2. The second-order valence-corrected chi connectivity index (χ2v) is 9.45. The van der Waals surface area contributed by atoms with Gasteiger partial charge in [0.1, 0.15) is 11.6 Å². The van der Waals surface area contributed by atoms with E-state index >= 15 is 0 Å². The molecule has 2 aliphatic heterocycles. The van der Waals surface area contributed by atoms with Gasteiger partial charge in [-0.1, -0.05) is 17.7 Å². The van der Waals surface area contributed by atoms with Crippen LogP contribution in [0.3, 0.4) is 0 Å². The third-order valence-electron chi connectivity index (χ3n) is 6.86. The normalized spacial score (nSPS) is 21.0. The van der Waals surface area contributed by atoms with Gasteiger partial charge >= 0.3 is 0 Å². The van der Waals surface area contributed by atoms with Crippen molar-refractivity contribution in [2.24, 2.45) is 0 Å². The highest BCUT2D eigenvalue weighted by Gasteiger charge is 2.33. The molecule has 0 aliphatic carbocycles. The van der Waals surface area contributed by atoms with Crippen LogP contribution >= 0.6 is 11.6 Å². The average Bonchev–Trinajstić information content (AvgIpc) is 3.53. The summed E-state index contributed by atoms with van der Waals surface area (Å²) in [6.45, 7) is 2.99. The lowest BCUT2D eigenvalue weighted by Crippen LogP contribution is -2.28. The van der Waals surface area contributed by atoms with Gasteiger partial charge in [-0.25, -0.2) is 14.4 Å². The Morgan fingerprint density at radius 2 is 1.91 bits per heavy atom. The molecule has 0 spiro atoms. The first-order chi connectivity index (χ1) is 17.2. The fraction of sp³-hybridized carbons (Fsp3) is 0.360. The van der Waals surface area contributed by atoms with E-state index in [9.17, 15) is 4.39 Å². The molecule has 0 radical (unpaired) electrons. The first-order valence-electron chi connectivity index (χ1n) is 11.8. The molecule has 0 amide bonds. The van der Waals surface area contributed by atoms with Crippen LogP contribution in [-0.2, 0) is 4.74 Å². The molecule has 10 heteroatoms. The number of rotatable bonds is 5. The summed E-state index contributed by atoms with van der Waals surface area (Å²) in [5.74, 6) is 1.20. The number of pyridine rings is 1. The molecule has 2 N–H and O–H groups in total. The fourth-order valence-electron chi connectivity index (χ4n) is 4.98. The van der Waals surface area contributed by atoms with Crippen LogP contribution in [0, 0.1) is 5.82 Å². The topological polar surface area (TPSA) is 89.3 Å². The zero-order valence-electron chi connectivity index (χ0n) is 19.0. The van der Waals surface area contributed by atoms with E-state index in [1.165, 1.54) is 6.07 Å². The van der Waals surface area contributed by atoms with Crippen molar-refractivity contribution in [2.75, 3.05) is 31.6 Å². The smallest absolute Gasteiger partial charge is 0.223 e. The van der Waals surface area contributed by atoms with Crippen LogP contribution in [-0.4, -0.2) is 56.9 Å². The van der Waals surface area contributed by atoms with Crippen molar-refractivity contribution >= 4 is 23.2 Å². The van der Waals surface area contributed by atoms with Gasteiger partial charge in [-0.05, 0) is 48.7 Å². The summed E-state index contributed by atoms with van der Waals surface area (Å²) in [7, 11) is 0. The van der Waals surface area contributed by atoms with Gasteiger partial charge in [0, 0.05) is 62.1 Å². The van der Waals surface area contributed by atoms with E-state index in [4.69, 9.17) is 21.3 Å². The third-order valence-corrected chi connectivity index (χ3v) is 7.17. The van der Waals surface area contributed by atoms with Crippen LogP contribution in [0.1, 0.15) is 36.1 Å². The number of anilines is 1. The van der Waals surface area contributed by atoms with Gasteiger partial charge in [0.25, 0.3) is 0 Å². The Hall–Kier alpha value is -3.14. The Morgan fingerprint density at radius 3 is 2.77 bits per heavy atom. The van der Waals surface area contributed by atoms with E-state index in [-0.39, 0.29) is 16.9 Å². The molecule has 1 aromatic carbocycles. The van der Waals surface area contributed by atoms with Crippen LogP contribution in [0.4, 0.5) is 10.3 Å². The van der Waals surface area contributed by atoms with Crippen molar-refractivity contribution in [3.05, 3.63) is 71.0 Å². The van der Waals surface area contributed by atoms with E-state index in [0.717, 1.165) is 67.4 Å². The third kappa shape index (κ3) is 4.47. The molecule has 2 aliphatic rings. The molecule has 180 valence electrons. The number of benzene rings is 1. The minimum Gasteiger partial charge on any atom is -0.381 e. The molecule has 0 saturated carbocycles. The van der Waals surface area contributed by atoms with E-state index in [0.29, 0.717) is 12.0 Å². The molecule has 4 aromatic rings. The minimum atomic E-state index is -0.402. The maximum absolute atomic E-state index is 14.1. The summed E-state index contributed by atoms with van der Waals surface area (Å²) in [5, 5.41) is 15.9. The highest BCUT2D eigenvalue weighted by atomic mass is 35.5. The van der Waals surface area contributed by atoms with Crippen molar-refractivity contribution < 1.29 is 9.13 Å². The summed E-state index contributed by atoms with van der Waals surface area (Å²) in [4.78, 5) is 9.11. The second kappa shape index (κ2) is 9.49. The van der Waals surface area contributed by atoms with E-state index in [1.54, 1.807) is 12.3 Å². The first-order valence-corrected chi connectivity index (χ1v) is 12.2. The first kappa shape index (κ1) is 22.3. The number of fused-ring (bicyclic) bond motifs is 1. The molecule has 2 unspecified atom stereocenters. The minimum absolute atomic E-state index is 0.0609. The average molecular weight is 494 g/mol. The summed E-state index contributed by atoms with van der Waals surface area (Å²) < 4.78 is 21.5. The molecule has 2 atom stereocenters. The standard InChI is InChI=1S/C25H25ClFN7O/c26-20-2-1-15(11-21(20)27)18-13-28-14-19(18)24-33-32-23-12-16(4-8-34(23)24)22-3-7-29-25(31-22)30-17-5-9-35-10-6-17/h1-4,7-8,11-12,17-19,28H,5-6,9-10,13-14H2,(H,29,30,31). The number of ether oxygens (including phenoxy) is 1. The number of aromatic nitrogens is 5. The van der Waals surface area contributed by atoms with E-state index < -0.39 is 5.82 Å². The predicted molar refractivity (Wildman–Crippen MR) is 131 cm³/mol. The molecular formula is C25H25ClFN7O. The van der Waals surface area contributed by atoms with E-state index in [1.807, 2.05) is 34.9 Å². The van der Waals surface area contributed by atoms with Gasteiger partial charge in [-0.3, -0.25) is 4.40 Å². The number of halogens is 2. The molecule has 5 heterocycles. The largest absolute Gasteiger partial charge is 0.381 e. The van der Waals surface area contributed by atoms with Crippen molar-refractivity contribution in [3.63, 3.8) is 0 Å². The summed E-state index contributed by atoms with van der Waals surface area (Å²) in [6.07, 6.45) is 5.64. The molecule has 8 nitrogen and oxygen atoms in total. The van der Waals surface area contributed by atoms with Gasteiger partial charge in [0.15, 0.2) is 5.65 Å². The molecular weight excluding hydrogens is 469 g/mol. The molecule has 2 saturated heterocycles. The molecule has 35 heavy (non-hydrogen) atoms. The number of nitrogens with one attached hydrogen (secondary N) is 2. The van der Waals surface area contributed by atoms with Crippen molar-refractivity contribution in [1.82, 2.24) is 29.9 Å². The lowest BCUT2D eigenvalue weighted by molar-refractivity contribution is 0.0903. The highest BCUT2D eigenvalue weighted by molar-refractivity contribution is 6.30. The van der Waals surface area contributed by atoms with Crippen LogP contribution in [0.15, 0.2) is 48.8 Å². The van der Waals surface area contributed by atoms with Gasteiger partial charge in [0.05, 0.1) is 10.7 Å². The van der Waals surface area contributed by atoms with Crippen molar-refractivity contribution in [1.29, 1.82) is 0 Å². The summed E-state index contributed by atoms with van der Waals surface area (Å²) >= 11 is 5.89. The molecule has 2 fully saturated rings. The van der Waals surface area contributed by atoms with E-state index in [2.05, 4.69) is 25.8 Å². The summed E-state index contributed by atoms with van der Waals surface area (Å²) in [6, 6.07) is 11.2. The SMILES string of the molecule is Fc1cc(C2CNCC2c2nnc3cc(-c4ccnc(NC5CCOCC5)n4)ccn23)ccc1Cl. The monoisotopic (exact) mass is 493 g/mol. The van der Waals surface area contributed by atoms with Crippen LogP contribution < -0.4 is 10.6 Å². The maximum atomic E-state index is 14.1. The molecule has 0 bridgehead atoms. The number of hydrogen-bond acceptors (Lipinski definition) is 7. The Morgan fingerprint density at radius 1 is 1.06 bits per heavy atom. The Balaban J connectivity index is 1.27. The fourth-order valence-corrected chi connectivity index (χ4v) is 5.10. The second-order valence-electron chi connectivity index (χ2n) is 9.04. The van der Waals surface area contributed by atoms with Gasteiger partial charge < -0.3 is 15.4 Å². The van der Waals surface area contributed by atoms with Crippen LogP contribution in [0.25, 0.3) is 16.9 Å². The zero-order chi connectivity index (χ0) is 23.8. The Bertz CT molecular complexity index is 1360. The van der Waals surface area contributed by atoms with Crippen LogP contribution in [0.5, 0.6) is 0 Å². The van der Waals surface area contributed by atoms with Gasteiger partial charge in [0.2, 0.25) is 5.95 Å². The molecule has 3 aromatic heterocycles. The predicted octanol–water partition coefficient (Wildman–Crippen LogP) is 4.04. The Kier molecular flexibility index (Phi) is 6.05. The Labute approximate surface area is 206 Å². The van der Waals surface area contributed by atoms with Crippen molar-refractivity contribution in [3.8, 4) is 11.3 Å².